The largest absolute Gasteiger partial charge is 0.377 e. The molecule has 0 unspecified atom stereocenters. The van der Waals surface area contributed by atoms with Crippen LogP contribution >= 0.6 is 0 Å². The molecule has 218 valence electrons. The fraction of sp³-hybridized carbons (Fsp3) is 0.441. The van der Waals surface area contributed by atoms with Gasteiger partial charge in [-0.2, -0.15) is 0 Å². The Morgan fingerprint density at radius 3 is 2.44 bits per heavy atom. The second-order valence-corrected chi connectivity index (χ2v) is 10.6. The number of amides is 1. The van der Waals surface area contributed by atoms with E-state index in [1.165, 1.54) is 30.4 Å². The van der Waals surface area contributed by atoms with Crippen molar-refractivity contribution in [1.82, 2.24) is 20.3 Å². The number of hydrogen-bond donors (Lipinski definition) is 1. The van der Waals surface area contributed by atoms with Crippen LogP contribution in [-0.4, -0.2) is 53.9 Å². The van der Waals surface area contributed by atoms with Crippen LogP contribution in [0.2, 0.25) is 0 Å². The van der Waals surface area contributed by atoms with Crippen molar-refractivity contribution in [3.05, 3.63) is 108 Å². The van der Waals surface area contributed by atoms with Crippen LogP contribution < -0.4 is 5.32 Å². The summed E-state index contributed by atoms with van der Waals surface area (Å²) in [5.74, 6) is 0.370. The second-order valence-electron chi connectivity index (χ2n) is 10.6. The molecule has 1 N–H and O–H groups in total. The van der Waals surface area contributed by atoms with Crippen molar-refractivity contribution in [2.24, 2.45) is 5.92 Å². The zero-order valence-corrected chi connectivity index (χ0v) is 24.1. The van der Waals surface area contributed by atoms with Gasteiger partial charge in [-0.3, -0.25) is 4.79 Å². The highest BCUT2D eigenvalue weighted by atomic mass is 16.5. The summed E-state index contributed by atoms with van der Waals surface area (Å²) in [4.78, 5) is 12.1. The van der Waals surface area contributed by atoms with Crippen molar-refractivity contribution in [3.63, 3.8) is 0 Å². The summed E-state index contributed by atoms with van der Waals surface area (Å²) in [6.45, 7) is 3.24. The molecule has 0 radical (unpaired) electrons. The predicted octanol–water partition coefficient (Wildman–Crippen LogP) is 5.92. The number of carbonyl (C=O) groups excluding carboxylic acids is 1. The van der Waals surface area contributed by atoms with Crippen molar-refractivity contribution in [1.29, 1.82) is 0 Å². The third-order valence-electron chi connectivity index (χ3n) is 7.31. The molecule has 3 aliphatic rings. The lowest BCUT2D eigenvalue weighted by atomic mass is 9.89. The van der Waals surface area contributed by atoms with E-state index in [4.69, 9.17) is 9.47 Å². The fourth-order valence-corrected chi connectivity index (χ4v) is 5.06. The molecule has 7 heteroatoms. The van der Waals surface area contributed by atoms with E-state index in [1.54, 1.807) is 0 Å². The standard InChI is InChI=1S/C34H44N4O3/c39-34(32-16-9-6-10-17-32)35-20-22-40-24-25-41-23-21-38-28-33(36-37-38)27-29-12-7-4-2-1-3-5-8-13-30-18-19-31(26-30)15-11-14-29/h1-5,7-8,11-15,26,28,32H,6,9-10,16-25,27H2,(H,35,39)/b2-1?,3-1-,4-2-,5-3?,7-4?,8-5-,12-7-,13-8?,14-11?,15-11-,29-12?,29-14-,30-13+,31-15?. The first-order chi connectivity index (χ1) is 20.3. The van der Waals surface area contributed by atoms with Gasteiger partial charge in [0.2, 0.25) is 5.91 Å². The van der Waals surface area contributed by atoms with Gasteiger partial charge in [0, 0.05) is 25.1 Å². The van der Waals surface area contributed by atoms with Crippen molar-refractivity contribution in [2.75, 3.05) is 33.0 Å². The highest BCUT2D eigenvalue weighted by Crippen LogP contribution is 2.25. The number of nitrogens with zero attached hydrogens (tertiary/aromatic N) is 3. The quantitative estimate of drug-likeness (QED) is 0.324. The van der Waals surface area contributed by atoms with Gasteiger partial charge >= 0.3 is 0 Å². The number of fused-ring (bicyclic) bond motifs is 1. The minimum Gasteiger partial charge on any atom is -0.377 e. The molecule has 4 rings (SSSR count). The number of rotatable bonds is 12. The number of hydrogen-bond acceptors (Lipinski definition) is 5. The van der Waals surface area contributed by atoms with E-state index >= 15 is 0 Å². The Hall–Kier alpha value is -3.55. The molecular weight excluding hydrogens is 512 g/mol. The summed E-state index contributed by atoms with van der Waals surface area (Å²) in [5.41, 5.74) is 4.79. The third-order valence-corrected chi connectivity index (χ3v) is 7.31. The molecule has 2 bridgehead atoms. The first-order valence-electron chi connectivity index (χ1n) is 15.0. The molecule has 0 aromatic carbocycles. The lowest BCUT2D eigenvalue weighted by Crippen LogP contribution is -2.34. The zero-order valence-electron chi connectivity index (χ0n) is 24.1. The minimum absolute atomic E-state index is 0.179. The summed E-state index contributed by atoms with van der Waals surface area (Å²) in [7, 11) is 0. The SMILES string of the molecule is O=C(NCCOCCOCCn1cc(CC2=C\C=C/C3=CC(=C\C=C/C=C\C=C/C=C\2)\CC3)nn1)C1CCCCC1. The van der Waals surface area contributed by atoms with Crippen molar-refractivity contribution in [2.45, 2.75) is 57.9 Å². The third kappa shape index (κ3) is 11.8. The van der Waals surface area contributed by atoms with Crippen LogP contribution in [0, 0.1) is 5.92 Å². The van der Waals surface area contributed by atoms with Crippen LogP contribution in [0.5, 0.6) is 0 Å². The normalized spacial score (nSPS) is 24.3. The summed E-state index contributed by atoms with van der Waals surface area (Å²) < 4.78 is 13.1. The average molecular weight is 557 g/mol. The number of aromatic nitrogens is 3. The average Bonchev–Trinajstić information content (AvgIpc) is 3.64. The highest BCUT2D eigenvalue weighted by Gasteiger charge is 2.20. The molecular formula is C34H44N4O3. The molecule has 0 aliphatic heterocycles. The van der Waals surface area contributed by atoms with E-state index < -0.39 is 0 Å². The van der Waals surface area contributed by atoms with Gasteiger partial charge in [0.15, 0.2) is 0 Å². The van der Waals surface area contributed by atoms with Gasteiger partial charge in [-0.15, -0.1) is 5.10 Å². The molecule has 1 saturated carbocycles. The maximum Gasteiger partial charge on any atom is 0.223 e. The lowest BCUT2D eigenvalue weighted by molar-refractivity contribution is -0.126. The topological polar surface area (TPSA) is 78.3 Å². The predicted molar refractivity (Wildman–Crippen MR) is 164 cm³/mol. The Kier molecular flexibility index (Phi) is 13.3. The number of nitrogens with one attached hydrogen (secondary N) is 1. The van der Waals surface area contributed by atoms with E-state index in [-0.39, 0.29) is 11.8 Å². The molecule has 41 heavy (non-hydrogen) atoms. The van der Waals surface area contributed by atoms with Crippen LogP contribution in [0.3, 0.4) is 0 Å². The number of carbonyl (C=O) groups is 1. The number of allylic oxidation sites excluding steroid dienone is 16. The van der Waals surface area contributed by atoms with Gasteiger partial charge in [0.05, 0.1) is 38.7 Å². The molecule has 3 aliphatic carbocycles. The van der Waals surface area contributed by atoms with Crippen LogP contribution in [0.1, 0.15) is 50.6 Å². The van der Waals surface area contributed by atoms with Crippen molar-refractivity contribution < 1.29 is 14.3 Å². The Morgan fingerprint density at radius 2 is 1.59 bits per heavy atom. The van der Waals surface area contributed by atoms with Gasteiger partial charge < -0.3 is 14.8 Å². The monoisotopic (exact) mass is 556 g/mol. The van der Waals surface area contributed by atoms with Gasteiger partial charge in [0.1, 0.15) is 0 Å². The molecule has 0 saturated heterocycles. The maximum absolute atomic E-state index is 12.1. The van der Waals surface area contributed by atoms with Crippen molar-refractivity contribution in [3.8, 4) is 0 Å². The Bertz CT molecular complexity index is 1210. The van der Waals surface area contributed by atoms with E-state index in [1.807, 2.05) is 35.2 Å². The maximum atomic E-state index is 12.1. The van der Waals surface area contributed by atoms with Gasteiger partial charge in [0.25, 0.3) is 0 Å². The van der Waals surface area contributed by atoms with Crippen molar-refractivity contribution >= 4 is 5.91 Å². The Labute approximate surface area is 244 Å². The van der Waals surface area contributed by atoms with E-state index in [0.717, 1.165) is 37.0 Å². The van der Waals surface area contributed by atoms with Gasteiger partial charge in [-0.1, -0.05) is 103 Å². The van der Waals surface area contributed by atoms with Crippen LogP contribution in [-0.2, 0) is 27.2 Å². The van der Waals surface area contributed by atoms with E-state index in [2.05, 4.69) is 70.3 Å². The molecule has 0 atom stereocenters. The van der Waals surface area contributed by atoms with Crippen LogP contribution in [0.4, 0.5) is 0 Å². The second kappa shape index (κ2) is 18.0. The molecule has 0 spiro atoms. The first kappa shape index (κ1) is 30.4. The molecule has 1 fully saturated rings. The summed E-state index contributed by atoms with van der Waals surface area (Å²) in [6, 6.07) is 0. The van der Waals surface area contributed by atoms with Gasteiger partial charge in [-0.25, -0.2) is 4.68 Å². The summed E-state index contributed by atoms with van der Waals surface area (Å²) >= 11 is 0. The van der Waals surface area contributed by atoms with E-state index in [9.17, 15) is 4.79 Å². The molecule has 1 aromatic rings. The zero-order chi connectivity index (χ0) is 28.4. The minimum atomic E-state index is 0.179. The fourth-order valence-electron chi connectivity index (χ4n) is 5.06. The van der Waals surface area contributed by atoms with Crippen LogP contribution in [0.15, 0.2) is 102 Å². The molecule has 1 heterocycles. The Balaban J connectivity index is 1.15. The lowest BCUT2D eigenvalue weighted by Gasteiger charge is -2.20. The molecule has 7 nitrogen and oxygen atoms in total. The Morgan fingerprint density at radius 1 is 0.829 bits per heavy atom. The van der Waals surface area contributed by atoms with E-state index in [0.29, 0.717) is 45.9 Å². The van der Waals surface area contributed by atoms with Crippen LogP contribution in [0.25, 0.3) is 0 Å². The first-order valence-corrected chi connectivity index (χ1v) is 15.0. The number of ether oxygens (including phenoxy) is 2. The molecule has 1 aromatic heterocycles. The summed E-state index contributed by atoms with van der Waals surface area (Å²) in [6.07, 6.45) is 37.9. The highest BCUT2D eigenvalue weighted by molar-refractivity contribution is 5.78. The smallest absolute Gasteiger partial charge is 0.223 e. The molecule has 1 amide bonds. The summed E-state index contributed by atoms with van der Waals surface area (Å²) in [5, 5.41) is 11.6. The van der Waals surface area contributed by atoms with Gasteiger partial charge in [-0.05, 0) is 42.4 Å².